The Morgan fingerprint density at radius 1 is 1.11 bits per heavy atom. The first-order valence-electron chi connectivity index (χ1n) is 5.68. The van der Waals surface area contributed by atoms with Crippen LogP contribution in [-0.2, 0) is 0 Å². The number of carbonyl (C=O) groups is 1. The average Bonchev–Trinajstić information content (AvgIpc) is 2.41. The summed E-state index contributed by atoms with van der Waals surface area (Å²) in [7, 11) is 0. The third-order valence-corrected chi connectivity index (χ3v) is 2.51. The number of benzene rings is 2. The van der Waals surface area contributed by atoms with Crippen molar-refractivity contribution < 1.29 is 14.3 Å². The van der Waals surface area contributed by atoms with E-state index in [1.807, 2.05) is 0 Å². The van der Waals surface area contributed by atoms with Crippen LogP contribution in [0.3, 0.4) is 0 Å². The zero-order valence-corrected chi connectivity index (χ0v) is 10.0. The van der Waals surface area contributed by atoms with Crippen LogP contribution in [0.1, 0.15) is 10.4 Å². The van der Waals surface area contributed by atoms with Crippen LogP contribution in [0.5, 0.6) is 5.75 Å². The molecular formula is C15H12FNO2. The van der Waals surface area contributed by atoms with Crippen LogP contribution in [-0.4, -0.2) is 10.9 Å². The van der Waals surface area contributed by atoms with Crippen LogP contribution >= 0.6 is 0 Å². The maximum absolute atomic E-state index is 12.7. The first-order chi connectivity index (χ1) is 9.16. The molecule has 0 atom stereocenters. The number of para-hydroxylation sites is 2. The molecule has 4 heteroatoms. The molecule has 96 valence electrons. The van der Waals surface area contributed by atoms with Gasteiger partial charge >= 0.3 is 0 Å². The quantitative estimate of drug-likeness (QED) is 0.501. The molecule has 0 fully saturated rings. The summed E-state index contributed by atoms with van der Waals surface area (Å²) in [4.78, 5) is 11.7. The van der Waals surface area contributed by atoms with Crippen LogP contribution < -0.4 is 5.32 Å². The van der Waals surface area contributed by atoms with Crippen LogP contribution in [0.2, 0.25) is 0 Å². The molecule has 2 N–H and O–H groups in total. The van der Waals surface area contributed by atoms with Gasteiger partial charge in [0, 0.05) is 17.8 Å². The summed E-state index contributed by atoms with van der Waals surface area (Å²) in [6, 6.07) is 12.0. The fourth-order valence-electron chi connectivity index (χ4n) is 1.51. The third-order valence-electron chi connectivity index (χ3n) is 2.51. The van der Waals surface area contributed by atoms with Gasteiger partial charge < -0.3 is 10.4 Å². The standard InChI is InChI=1S/C15H12FNO2/c16-12-7-5-11(6-8-12)14(18)9-10-17-13-3-1-2-4-15(13)19/h1-10,17,19H/b10-9+. The van der Waals surface area contributed by atoms with Crippen molar-refractivity contribution in [1.29, 1.82) is 0 Å². The van der Waals surface area contributed by atoms with Gasteiger partial charge in [0.05, 0.1) is 5.69 Å². The molecule has 19 heavy (non-hydrogen) atoms. The number of anilines is 1. The van der Waals surface area contributed by atoms with Crippen molar-refractivity contribution in [2.45, 2.75) is 0 Å². The lowest BCUT2D eigenvalue weighted by Gasteiger charge is -2.02. The van der Waals surface area contributed by atoms with Crippen molar-refractivity contribution in [2.24, 2.45) is 0 Å². The Balaban J connectivity index is 2.01. The van der Waals surface area contributed by atoms with E-state index in [9.17, 15) is 14.3 Å². The molecule has 3 nitrogen and oxygen atoms in total. The first kappa shape index (κ1) is 12.8. The van der Waals surface area contributed by atoms with Crippen LogP contribution in [0.4, 0.5) is 10.1 Å². The normalized spacial score (nSPS) is 10.6. The maximum atomic E-state index is 12.7. The van der Waals surface area contributed by atoms with E-state index in [0.29, 0.717) is 11.3 Å². The zero-order chi connectivity index (χ0) is 13.7. The second kappa shape index (κ2) is 5.82. The molecule has 0 spiro atoms. The van der Waals surface area contributed by atoms with Crippen molar-refractivity contribution in [2.75, 3.05) is 5.32 Å². The molecule has 0 aliphatic rings. The average molecular weight is 257 g/mol. The number of hydrogen-bond acceptors (Lipinski definition) is 3. The maximum Gasteiger partial charge on any atom is 0.187 e. The summed E-state index contributed by atoms with van der Waals surface area (Å²) in [5.41, 5.74) is 0.905. The highest BCUT2D eigenvalue weighted by molar-refractivity contribution is 6.04. The number of aromatic hydroxyl groups is 1. The van der Waals surface area contributed by atoms with Gasteiger partial charge in [-0.15, -0.1) is 0 Å². The smallest absolute Gasteiger partial charge is 0.187 e. The largest absolute Gasteiger partial charge is 0.506 e. The lowest BCUT2D eigenvalue weighted by molar-refractivity contribution is 0.104. The van der Waals surface area contributed by atoms with Gasteiger partial charge in [0.1, 0.15) is 11.6 Å². The molecule has 0 bridgehead atoms. The molecule has 2 rings (SSSR count). The second-order valence-electron chi connectivity index (χ2n) is 3.87. The predicted octanol–water partition coefficient (Wildman–Crippen LogP) is 3.34. The van der Waals surface area contributed by atoms with Crippen molar-refractivity contribution in [1.82, 2.24) is 0 Å². The van der Waals surface area contributed by atoms with Crippen LogP contribution in [0.15, 0.2) is 60.8 Å². The third kappa shape index (κ3) is 3.42. The van der Waals surface area contributed by atoms with E-state index < -0.39 is 0 Å². The Kier molecular flexibility index (Phi) is 3.93. The highest BCUT2D eigenvalue weighted by Crippen LogP contribution is 2.21. The van der Waals surface area contributed by atoms with E-state index >= 15 is 0 Å². The molecule has 0 saturated carbocycles. The molecule has 0 radical (unpaired) electrons. The Morgan fingerprint density at radius 3 is 2.47 bits per heavy atom. The molecule has 2 aromatic carbocycles. The molecule has 2 aromatic rings. The number of ketones is 1. The van der Waals surface area contributed by atoms with E-state index in [0.717, 1.165) is 0 Å². The predicted molar refractivity (Wildman–Crippen MR) is 71.6 cm³/mol. The van der Waals surface area contributed by atoms with Crippen LogP contribution in [0, 0.1) is 5.82 Å². The molecule has 0 aromatic heterocycles. The van der Waals surface area contributed by atoms with Crippen molar-refractivity contribution in [3.8, 4) is 5.75 Å². The molecule has 0 aliphatic carbocycles. The summed E-state index contributed by atoms with van der Waals surface area (Å²) in [5.74, 6) is -0.530. The van der Waals surface area contributed by atoms with Gasteiger partial charge in [-0.2, -0.15) is 0 Å². The van der Waals surface area contributed by atoms with Gasteiger partial charge in [0.2, 0.25) is 0 Å². The minimum absolute atomic E-state index is 0.0985. The number of phenols is 1. The molecule has 0 heterocycles. The highest BCUT2D eigenvalue weighted by Gasteiger charge is 2.01. The SMILES string of the molecule is O=C(/C=C/Nc1ccccc1O)c1ccc(F)cc1. The summed E-state index contributed by atoms with van der Waals surface area (Å²) >= 11 is 0. The lowest BCUT2D eigenvalue weighted by Crippen LogP contribution is -1.96. The number of hydrogen-bond donors (Lipinski definition) is 2. The molecular weight excluding hydrogens is 245 g/mol. The number of nitrogens with one attached hydrogen (secondary N) is 1. The molecule has 0 amide bonds. The van der Waals surface area contributed by atoms with E-state index in [-0.39, 0.29) is 17.3 Å². The van der Waals surface area contributed by atoms with E-state index in [1.165, 1.54) is 42.6 Å². The Bertz CT molecular complexity index is 606. The topological polar surface area (TPSA) is 49.3 Å². The summed E-state index contributed by atoms with van der Waals surface area (Å²) in [6.07, 6.45) is 2.75. The van der Waals surface area contributed by atoms with Crippen molar-refractivity contribution >= 4 is 11.5 Å². The van der Waals surface area contributed by atoms with E-state index in [4.69, 9.17) is 0 Å². The van der Waals surface area contributed by atoms with Gasteiger partial charge in [-0.3, -0.25) is 4.79 Å². The number of allylic oxidation sites excluding steroid dienone is 1. The Labute approximate surface area is 110 Å². The van der Waals surface area contributed by atoms with Gasteiger partial charge in [-0.05, 0) is 36.4 Å². The number of rotatable bonds is 4. The number of halogens is 1. The van der Waals surface area contributed by atoms with Gasteiger partial charge in [-0.25, -0.2) is 4.39 Å². The lowest BCUT2D eigenvalue weighted by atomic mass is 10.1. The first-order valence-corrected chi connectivity index (χ1v) is 5.68. The molecule has 0 saturated heterocycles. The van der Waals surface area contributed by atoms with Crippen molar-refractivity contribution in [3.05, 3.63) is 72.2 Å². The van der Waals surface area contributed by atoms with Gasteiger partial charge in [0.25, 0.3) is 0 Å². The second-order valence-corrected chi connectivity index (χ2v) is 3.87. The fourth-order valence-corrected chi connectivity index (χ4v) is 1.51. The van der Waals surface area contributed by atoms with Crippen molar-refractivity contribution in [3.63, 3.8) is 0 Å². The van der Waals surface area contributed by atoms with Gasteiger partial charge in [0.15, 0.2) is 5.78 Å². The summed E-state index contributed by atoms with van der Waals surface area (Å²) in [6.45, 7) is 0. The fraction of sp³-hybridized carbons (Fsp3) is 0. The van der Waals surface area contributed by atoms with E-state index in [2.05, 4.69) is 5.32 Å². The summed E-state index contributed by atoms with van der Waals surface area (Å²) in [5, 5.41) is 12.3. The van der Waals surface area contributed by atoms with Crippen LogP contribution in [0.25, 0.3) is 0 Å². The minimum Gasteiger partial charge on any atom is -0.506 e. The Hall–Kier alpha value is -2.62. The summed E-state index contributed by atoms with van der Waals surface area (Å²) < 4.78 is 12.7. The number of carbonyl (C=O) groups excluding carboxylic acids is 1. The molecule has 0 unspecified atom stereocenters. The monoisotopic (exact) mass is 257 g/mol. The highest BCUT2D eigenvalue weighted by atomic mass is 19.1. The number of phenolic OH excluding ortho intramolecular Hbond substituents is 1. The van der Waals surface area contributed by atoms with E-state index in [1.54, 1.807) is 18.2 Å². The molecule has 0 aliphatic heterocycles. The zero-order valence-electron chi connectivity index (χ0n) is 10.0. The Morgan fingerprint density at radius 2 is 1.79 bits per heavy atom. The van der Waals surface area contributed by atoms with Gasteiger partial charge in [-0.1, -0.05) is 12.1 Å². The minimum atomic E-state index is -0.382.